The lowest BCUT2D eigenvalue weighted by molar-refractivity contribution is 0.0624. The van der Waals surface area contributed by atoms with Crippen LogP contribution in [0.2, 0.25) is 5.02 Å². The van der Waals surface area contributed by atoms with Crippen molar-refractivity contribution in [1.29, 1.82) is 0 Å². The third-order valence-corrected chi connectivity index (χ3v) is 6.07. The SMILES string of the molecule is Cc1c(C(=O)Nc2ccccc2C(=O)N2CC(C)CC(C)C2)nnn1-c1ccccc1Cl. The molecular formula is C24H26ClN5O2. The van der Waals surface area contributed by atoms with Crippen LogP contribution < -0.4 is 5.32 Å². The molecule has 2 amide bonds. The zero-order valence-electron chi connectivity index (χ0n) is 18.4. The summed E-state index contributed by atoms with van der Waals surface area (Å²) in [7, 11) is 0. The zero-order valence-corrected chi connectivity index (χ0v) is 19.1. The van der Waals surface area contributed by atoms with Crippen LogP contribution in [0.5, 0.6) is 0 Å². The van der Waals surface area contributed by atoms with Crippen molar-refractivity contribution in [1.82, 2.24) is 19.9 Å². The average molecular weight is 452 g/mol. The van der Waals surface area contributed by atoms with Gasteiger partial charge in [0.2, 0.25) is 0 Å². The molecule has 0 radical (unpaired) electrons. The second-order valence-corrected chi connectivity index (χ2v) is 8.95. The molecule has 2 unspecified atom stereocenters. The molecule has 1 aromatic heterocycles. The van der Waals surface area contributed by atoms with Crippen molar-refractivity contribution < 1.29 is 9.59 Å². The summed E-state index contributed by atoms with van der Waals surface area (Å²) >= 11 is 6.27. The highest BCUT2D eigenvalue weighted by Gasteiger charge is 2.28. The molecule has 0 aliphatic carbocycles. The summed E-state index contributed by atoms with van der Waals surface area (Å²) in [6, 6.07) is 14.3. The van der Waals surface area contributed by atoms with Crippen molar-refractivity contribution in [2.45, 2.75) is 27.2 Å². The number of carbonyl (C=O) groups excluding carboxylic acids is 2. The van der Waals surface area contributed by atoms with E-state index in [0.29, 0.717) is 39.5 Å². The lowest BCUT2D eigenvalue weighted by atomic mass is 9.91. The van der Waals surface area contributed by atoms with E-state index < -0.39 is 5.91 Å². The number of rotatable bonds is 4. The molecule has 0 bridgehead atoms. The second kappa shape index (κ2) is 9.12. The number of likely N-dealkylation sites (tertiary alicyclic amines) is 1. The number of nitrogens with zero attached hydrogens (tertiary/aromatic N) is 4. The Morgan fingerprint density at radius 2 is 1.69 bits per heavy atom. The largest absolute Gasteiger partial charge is 0.338 e. The monoisotopic (exact) mass is 451 g/mol. The topological polar surface area (TPSA) is 80.1 Å². The molecule has 2 atom stereocenters. The minimum absolute atomic E-state index is 0.0734. The average Bonchev–Trinajstić information content (AvgIpc) is 3.14. The van der Waals surface area contributed by atoms with Gasteiger partial charge in [-0.05, 0) is 49.4 Å². The third kappa shape index (κ3) is 4.39. The van der Waals surface area contributed by atoms with Crippen molar-refractivity contribution in [2.75, 3.05) is 18.4 Å². The van der Waals surface area contributed by atoms with Gasteiger partial charge < -0.3 is 10.2 Å². The molecule has 8 heteroatoms. The summed E-state index contributed by atoms with van der Waals surface area (Å²) in [5, 5.41) is 11.5. The van der Waals surface area contributed by atoms with Gasteiger partial charge in [0.25, 0.3) is 11.8 Å². The number of carbonyl (C=O) groups is 2. The number of hydrogen-bond donors (Lipinski definition) is 1. The van der Waals surface area contributed by atoms with E-state index in [1.807, 2.05) is 17.0 Å². The van der Waals surface area contributed by atoms with Crippen LogP contribution in [0.25, 0.3) is 5.69 Å². The first-order valence-electron chi connectivity index (χ1n) is 10.7. The fourth-order valence-corrected chi connectivity index (χ4v) is 4.57. The maximum Gasteiger partial charge on any atom is 0.278 e. The Balaban J connectivity index is 1.58. The van der Waals surface area contributed by atoms with Gasteiger partial charge in [-0.25, -0.2) is 4.68 Å². The number of piperidine rings is 1. The number of halogens is 1. The lowest BCUT2D eigenvalue weighted by Crippen LogP contribution is -2.42. The van der Waals surface area contributed by atoms with Crippen LogP contribution in [0.3, 0.4) is 0 Å². The maximum absolute atomic E-state index is 13.3. The highest BCUT2D eigenvalue weighted by molar-refractivity contribution is 6.32. The van der Waals surface area contributed by atoms with Crippen molar-refractivity contribution in [2.24, 2.45) is 11.8 Å². The fraction of sp³-hybridized carbons (Fsp3) is 0.333. The summed E-state index contributed by atoms with van der Waals surface area (Å²) in [6.07, 6.45) is 1.11. The first kappa shape index (κ1) is 22.0. The zero-order chi connectivity index (χ0) is 22.8. The third-order valence-electron chi connectivity index (χ3n) is 5.75. The van der Waals surface area contributed by atoms with E-state index in [2.05, 4.69) is 29.5 Å². The molecule has 1 aliphatic rings. The molecule has 1 fully saturated rings. The normalized spacial score (nSPS) is 18.4. The fourth-order valence-electron chi connectivity index (χ4n) is 4.35. The lowest BCUT2D eigenvalue weighted by Gasteiger charge is -2.35. The molecule has 166 valence electrons. The molecule has 1 N–H and O–H groups in total. The Bertz CT molecular complexity index is 1150. The number of para-hydroxylation sites is 2. The number of anilines is 1. The second-order valence-electron chi connectivity index (χ2n) is 8.54. The Labute approximate surface area is 192 Å². The van der Waals surface area contributed by atoms with Gasteiger partial charge in [0.05, 0.1) is 27.7 Å². The van der Waals surface area contributed by atoms with Gasteiger partial charge in [-0.1, -0.05) is 54.9 Å². The smallest absolute Gasteiger partial charge is 0.278 e. The molecule has 32 heavy (non-hydrogen) atoms. The number of nitrogens with one attached hydrogen (secondary N) is 1. The van der Waals surface area contributed by atoms with E-state index in [4.69, 9.17) is 11.6 Å². The van der Waals surface area contributed by atoms with Crippen molar-refractivity contribution >= 4 is 29.1 Å². The van der Waals surface area contributed by atoms with Gasteiger partial charge in [-0.15, -0.1) is 5.10 Å². The quantitative estimate of drug-likeness (QED) is 0.628. The summed E-state index contributed by atoms with van der Waals surface area (Å²) in [5.41, 5.74) is 2.30. The molecule has 0 spiro atoms. The molecule has 4 rings (SSSR count). The van der Waals surface area contributed by atoms with Gasteiger partial charge in [-0.2, -0.15) is 0 Å². The summed E-state index contributed by atoms with van der Waals surface area (Å²) in [6.45, 7) is 7.52. The molecule has 3 aromatic rings. The molecule has 7 nitrogen and oxygen atoms in total. The molecule has 0 saturated carbocycles. The minimum atomic E-state index is -0.429. The number of aromatic nitrogens is 3. The predicted octanol–water partition coefficient (Wildman–Crippen LogP) is 4.60. The minimum Gasteiger partial charge on any atom is -0.338 e. The highest BCUT2D eigenvalue weighted by atomic mass is 35.5. The van der Waals surface area contributed by atoms with E-state index in [1.165, 1.54) is 4.68 Å². The van der Waals surface area contributed by atoms with Gasteiger partial charge in [0.1, 0.15) is 0 Å². The van der Waals surface area contributed by atoms with E-state index >= 15 is 0 Å². The summed E-state index contributed by atoms with van der Waals surface area (Å²) in [5.74, 6) is 0.399. The molecule has 2 aromatic carbocycles. The maximum atomic E-state index is 13.3. The molecule has 2 heterocycles. The van der Waals surface area contributed by atoms with E-state index in [1.54, 1.807) is 43.3 Å². The van der Waals surface area contributed by atoms with Crippen LogP contribution in [0, 0.1) is 18.8 Å². The number of amides is 2. The summed E-state index contributed by atoms with van der Waals surface area (Å²) in [4.78, 5) is 28.2. The molecular weight excluding hydrogens is 426 g/mol. The first-order valence-corrected chi connectivity index (χ1v) is 11.1. The predicted molar refractivity (Wildman–Crippen MR) is 124 cm³/mol. The van der Waals surface area contributed by atoms with Gasteiger partial charge in [-0.3, -0.25) is 9.59 Å². The van der Waals surface area contributed by atoms with E-state index in [0.717, 1.165) is 19.5 Å². The first-order chi connectivity index (χ1) is 15.3. The van der Waals surface area contributed by atoms with E-state index in [9.17, 15) is 9.59 Å². The van der Waals surface area contributed by atoms with Crippen LogP contribution in [-0.4, -0.2) is 44.8 Å². The summed E-state index contributed by atoms with van der Waals surface area (Å²) < 4.78 is 1.53. The highest BCUT2D eigenvalue weighted by Crippen LogP contribution is 2.26. The van der Waals surface area contributed by atoms with Crippen molar-refractivity contribution in [3.63, 3.8) is 0 Å². The van der Waals surface area contributed by atoms with Crippen molar-refractivity contribution in [3.05, 3.63) is 70.5 Å². The van der Waals surface area contributed by atoms with Gasteiger partial charge >= 0.3 is 0 Å². The Kier molecular flexibility index (Phi) is 6.28. The Morgan fingerprint density at radius 3 is 2.41 bits per heavy atom. The van der Waals surface area contributed by atoms with Crippen LogP contribution >= 0.6 is 11.6 Å². The van der Waals surface area contributed by atoms with Crippen LogP contribution in [0.4, 0.5) is 5.69 Å². The Hall–Kier alpha value is -3.19. The van der Waals surface area contributed by atoms with Crippen LogP contribution in [0.1, 0.15) is 46.8 Å². The van der Waals surface area contributed by atoms with E-state index in [-0.39, 0.29) is 11.6 Å². The Morgan fingerprint density at radius 1 is 1.03 bits per heavy atom. The van der Waals surface area contributed by atoms with Crippen LogP contribution in [-0.2, 0) is 0 Å². The number of hydrogen-bond acceptors (Lipinski definition) is 4. The van der Waals surface area contributed by atoms with Gasteiger partial charge in [0.15, 0.2) is 5.69 Å². The standard InChI is InChI=1S/C24H26ClN5O2/c1-15-12-16(2)14-29(13-15)24(32)18-8-4-6-10-20(18)26-23(31)22-17(3)30(28-27-22)21-11-7-5-9-19(21)25/h4-11,15-16H,12-14H2,1-3H3,(H,26,31). The molecule has 1 saturated heterocycles. The number of benzene rings is 2. The van der Waals surface area contributed by atoms with Crippen LogP contribution in [0.15, 0.2) is 48.5 Å². The molecule has 1 aliphatic heterocycles. The van der Waals surface area contributed by atoms with Crippen molar-refractivity contribution in [3.8, 4) is 5.69 Å². The van der Waals surface area contributed by atoms with Gasteiger partial charge in [0, 0.05) is 13.1 Å².